The average Bonchev–Trinajstić information content (AvgIpc) is 2.09. The third kappa shape index (κ3) is 3.00. The molecule has 0 radical (unpaired) electrons. The van der Waals surface area contributed by atoms with E-state index in [1.807, 2.05) is 0 Å². The maximum atomic E-state index is 2.51. The maximum absolute atomic E-state index is 2.51. The lowest BCUT2D eigenvalue weighted by Crippen LogP contribution is -2.05. The molecule has 0 nitrogen and oxygen atoms in total. The summed E-state index contributed by atoms with van der Waals surface area (Å²) in [7, 11) is 0. The minimum atomic E-state index is 0.885. The van der Waals surface area contributed by atoms with Crippen LogP contribution in [0.5, 0.6) is 0 Å². The van der Waals surface area contributed by atoms with Crippen LogP contribution in [-0.2, 0) is 0 Å². The second kappa shape index (κ2) is 5.40. The van der Waals surface area contributed by atoms with Crippen LogP contribution in [0.25, 0.3) is 0 Å². The Morgan fingerprint density at radius 1 is 1.42 bits per heavy atom. The van der Waals surface area contributed by atoms with Crippen molar-refractivity contribution in [1.82, 2.24) is 0 Å². The first-order valence-electron chi connectivity index (χ1n) is 5.53. The zero-order valence-electron chi connectivity index (χ0n) is 8.60. The molecule has 70 valence electrons. The highest BCUT2D eigenvalue weighted by atomic mass is 14.2. The van der Waals surface area contributed by atoms with E-state index in [2.05, 4.69) is 19.9 Å². The number of hydrogen-bond donors (Lipinski definition) is 0. The normalized spacial score (nSPS) is 27.8. The highest BCUT2D eigenvalue weighted by molar-refractivity contribution is 5.07. The third-order valence-electron chi connectivity index (χ3n) is 2.95. The molecule has 0 N–H and O–H groups in total. The minimum Gasteiger partial charge on any atom is -0.0851 e. The highest BCUT2D eigenvalue weighted by Crippen LogP contribution is 2.29. The van der Waals surface area contributed by atoms with E-state index < -0.39 is 0 Å². The Balaban J connectivity index is 2.31. The molecule has 1 fully saturated rings. The van der Waals surface area contributed by atoms with Crippen LogP contribution in [0.3, 0.4) is 0 Å². The van der Waals surface area contributed by atoms with Gasteiger partial charge in [-0.3, -0.25) is 0 Å². The fraction of sp³-hybridized carbons (Fsp3) is 0.833. The summed E-state index contributed by atoms with van der Waals surface area (Å²) >= 11 is 0. The number of rotatable bonds is 3. The van der Waals surface area contributed by atoms with Gasteiger partial charge in [0, 0.05) is 0 Å². The van der Waals surface area contributed by atoms with Gasteiger partial charge in [-0.05, 0) is 31.6 Å². The number of hydrogen-bond acceptors (Lipinski definition) is 0. The van der Waals surface area contributed by atoms with Crippen molar-refractivity contribution in [1.29, 1.82) is 0 Å². The van der Waals surface area contributed by atoms with Gasteiger partial charge in [0.2, 0.25) is 0 Å². The number of allylic oxidation sites excluding steroid dienone is 2. The van der Waals surface area contributed by atoms with Crippen molar-refractivity contribution >= 4 is 0 Å². The lowest BCUT2D eigenvalue weighted by Gasteiger charge is -2.21. The zero-order valence-corrected chi connectivity index (χ0v) is 8.60. The summed E-state index contributed by atoms with van der Waals surface area (Å²) in [5, 5.41) is 0. The molecule has 1 atom stereocenters. The molecule has 0 aromatic carbocycles. The van der Waals surface area contributed by atoms with E-state index in [-0.39, 0.29) is 0 Å². The molecule has 12 heavy (non-hydrogen) atoms. The molecule has 0 saturated heterocycles. The van der Waals surface area contributed by atoms with Crippen LogP contribution in [0.4, 0.5) is 0 Å². The summed E-state index contributed by atoms with van der Waals surface area (Å²) in [5.74, 6) is 0.885. The summed E-state index contributed by atoms with van der Waals surface area (Å²) < 4.78 is 0. The summed E-state index contributed by atoms with van der Waals surface area (Å²) in [6.45, 7) is 4.65. The first kappa shape index (κ1) is 9.83. The number of unbranched alkanes of at least 4 members (excludes halogenated alkanes) is 2. The lowest BCUT2D eigenvalue weighted by atomic mass is 9.85. The van der Waals surface area contributed by atoms with Gasteiger partial charge >= 0.3 is 0 Å². The molecule has 0 spiro atoms. The predicted octanol–water partition coefficient (Wildman–Crippen LogP) is 4.31. The van der Waals surface area contributed by atoms with E-state index in [9.17, 15) is 0 Å². The Morgan fingerprint density at radius 3 is 2.92 bits per heavy atom. The van der Waals surface area contributed by atoms with Gasteiger partial charge in [-0.1, -0.05) is 44.8 Å². The molecular formula is C12H22. The first-order valence-corrected chi connectivity index (χ1v) is 5.53. The van der Waals surface area contributed by atoms with E-state index in [0.29, 0.717) is 0 Å². The molecule has 1 aliphatic carbocycles. The third-order valence-corrected chi connectivity index (χ3v) is 2.95. The Labute approximate surface area is 77.1 Å². The average molecular weight is 166 g/mol. The molecule has 0 aliphatic heterocycles. The van der Waals surface area contributed by atoms with Gasteiger partial charge in [0.25, 0.3) is 0 Å². The molecule has 0 amide bonds. The molecule has 1 aliphatic rings. The second-order valence-electron chi connectivity index (χ2n) is 4.07. The molecule has 1 unspecified atom stereocenters. The van der Waals surface area contributed by atoms with Crippen LogP contribution in [0.2, 0.25) is 0 Å². The smallest absolute Gasteiger partial charge is 0.0232 e. The standard InChI is InChI=1S/C12H22/c1-3-4-5-9-12-10-7-6-8-11(12)2/h9,11H,3-8,10H2,1-2H3. The molecule has 0 heterocycles. The highest BCUT2D eigenvalue weighted by Gasteiger charge is 2.12. The molecular weight excluding hydrogens is 144 g/mol. The Bertz CT molecular complexity index is 144. The van der Waals surface area contributed by atoms with Crippen molar-refractivity contribution in [2.45, 2.75) is 58.8 Å². The van der Waals surface area contributed by atoms with Crippen molar-refractivity contribution in [3.05, 3.63) is 11.6 Å². The lowest BCUT2D eigenvalue weighted by molar-refractivity contribution is 0.481. The Kier molecular flexibility index (Phi) is 4.42. The van der Waals surface area contributed by atoms with Crippen molar-refractivity contribution in [3.8, 4) is 0 Å². The van der Waals surface area contributed by atoms with E-state index in [4.69, 9.17) is 0 Å². The van der Waals surface area contributed by atoms with E-state index in [0.717, 1.165) is 5.92 Å². The summed E-state index contributed by atoms with van der Waals surface area (Å²) in [6.07, 6.45) is 12.2. The Morgan fingerprint density at radius 2 is 2.25 bits per heavy atom. The molecule has 1 saturated carbocycles. The second-order valence-corrected chi connectivity index (χ2v) is 4.07. The van der Waals surface area contributed by atoms with Gasteiger partial charge in [-0.2, -0.15) is 0 Å². The fourth-order valence-corrected chi connectivity index (χ4v) is 2.01. The van der Waals surface area contributed by atoms with Crippen LogP contribution in [-0.4, -0.2) is 0 Å². The van der Waals surface area contributed by atoms with Crippen LogP contribution in [0, 0.1) is 5.92 Å². The van der Waals surface area contributed by atoms with Crippen molar-refractivity contribution < 1.29 is 0 Å². The van der Waals surface area contributed by atoms with E-state index >= 15 is 0 Å². The zero-order chi connectivity index (χ0) is 8.81. The maximum Gasteiger partial charge on any atom is -0.0232 e. The quantitative estimate of drug-likeness (QED) is 0.433. The Hall–Kier alpha value is -0.260. The van der Waals surface area contributed by atoms with Crippen LogP contribution in [0.15, 0.2) is 11.6 Å². The van der Waals surface area contributed by atoms with Crippen LogP contribution >= 0.6 is 0 Å². The molecule has 0 bridgehead atoms. The van der Waals surface area contributed by atoms with E-state index in [1.54, 1.807) is 5.57 Å². The van der Waals surface area contributed by atoms with E-state index in [1.165, 1.54) is 44.9 Å². The van der Waals surface area contributed by atoms with Crippen molar-refractivity contribution in [2.24, 2.45) is 5.92 Å². The minimum absolute atomic E-state index is 0.885. The monoisotopic (exact) mass is 166 g/mol. The SMILES string of the molecule is CCCCC=C1CCCCC1C. The van der Waals surface area contributed by atoms with Crippen LogP contribution < -0.4 is 0 Å². The largest absolute Gasteiger partial charge is 0.0851 e. The van der Waals surface area contributed by atoms with Gasteiger partial charge in [-0.25, -0.2) is 0 Å². The molecule has 1 rings (SSSR count). The first-order chi connectivity index (χ1) is 5.84. The predicted molar refractivity (Wildman–Crippen MR) is 55.2 cm³/mol. The fourth-order valence-electron chi connectivity index (χ4n) is 2.01. The topological polar surface area (TPSA) is 0 Å². The summed E-state index contributed by atoms with van der Waals surface area (Å²) in [6, 6.07) is 0. The molecule has 0 heteroatoms. The van der Waals surface area contributed by atoms with Gasteiger partial charge in [0.1, 0.15) is 0 Å². The van der Waals surface area contributed by atoms with Gasteiger partial charge < -0.3 is 0 Å². The van der Waals surface area contributed by atoms with Gasteiger partial charge in [-0.15, -0.1) is 0 Å². The summed E-state index contributed by atoms with van der Waals surface area (Å²) in [5.41, 5.74) is 1.75. The van der Waals surface area contributed by atoms with Gasteiger partial charge in [0.15, 0.2) is 0 Å². The van der Waals surface area contributed by atoms with Crippen molar-refractivity contribution in [3.63, 3.8) is 0 Å². The molecule has 0 aromatic heterocycles. The van der Waals surface area contributed by atoms with Crippen molar-refractivity contribution in [2.75, 3.05) is 0 Å². The van der Waals surface area contributed by atoms with Crippen LogP contribution in [0.1, 0.15) is 58.8 Å². The molecule has 0 aromatic rings. The van der Waals surface area contributed by atoms with Gasteiger partial charge in [0.05, 0.1) is 0 Å². The summed E-state index contributed by atoms with van der Waals surface area (Å²) in [4.78, 5) is 0.